The van der Waals surface area contributed by atoms with E-state index in [1.165, 1.54) is 0 Å². The number of imide groups is 1. The Balaban J connectivity index is 0.753. The number of carbonyl (C=O) groups excluding carboxylic acids is 4. The van der Waals surface area contributed by atoms with E-state index < -0.39 is 11.9 Å². The van der Waals surface area contributed by atoms with Crippen LogP contribution < -0.4 is 25.0 Å². The Morgan fingerprint density at radius 3 is 2.37 bits per heavy atom. The molecule has 0 spiro atoms. The van der Waals surface area contributed by atoms with Crippen molar-refractivity contribution in [2.45, 2.75) is 121 Å². The minimum Gasteiger partial charge on any atom is -0.490 e. The van der Waals surface area contributed by atoms with E-state index in [2.05, 4.69) is 50.3 Å². The summed E-state index contributed by atoms with van der Waals surface area (Å²) in [5.41, 5.74) is 2.16. The van der Waals surface area contributed by atoms with Crippen molar-refractivity contribution in [1.82, 2.24) is 30.4 Å². The summed E-state index contributed by atoms with van der Waals surface area (Å²) in [5, 5.41) is 15.0. The summed E-state index contributed by atoms with van der Waals surface area (Å²) in [5.74, 6) is 1.55. The number of aromatic nitrogens is 2. The maximum absolute atomic E-state index is 13.3. The first-order chi connectivity index (χ1) is 28.5. The molecule has 1 atom stereocenters. The van der Waals surface area contributed by atoms with Crippen molar-refractivity contribution in [3.63, 3.8) is 0 Å². The normalized spacial score (nSPS) is 24.7. The van der Waals surface area contributed by atoms with E-state index in [1.807, 2.05) is 12.1 Å². The van der Waals surface area contributed by atoms with Crippen LogP contribution in [0.1, 0.15) is 110 Å². The Morgan fingerprint density at radius 2 is 1.69 bits per heavy atom. The molecule has 0 radical (unpaired) electrons. The van der Waals surface area contributed by atoms with Gasteiger partial charge in [-0.1, -0.05) is 17.7 Å². The van der Waals surface area contributed by atoms with Crippen LogP contribution in [0.3, 0.4) is 0 Å². The fourth-order valence-electron chi connectivity index (χ4n) is 9.17. The number of anilines is 1. The second-order valence-electron chi connectivity index (χ2n) is 16.9. The highest BCUT2D eigenvalue weighted by Gasteiger charge is 2.41. The van der Waals surface area contributed by atoms with Crippen LogP contribution in [0.2, 0.25) is 5.02 Å². The number of fused-ring (bicyclic) bond motifs is 1. The molecule has 5 aliphatic rings. The van der Waals surface area contributed by atoms with Crippen LogP contribution in [0.5, 0.6) is 11.5 Å². The zero-order chi connectivity index (χ0) is 41.2. The third-order valence-electron chi connectivity index (χ3n) is 12.7. The number of carbonyl (C=O) groups is 4. The maximum Gasteiger partial charge on any atom is 0.271 e. The Bertz CT molecular complexity index is 2100. The molecule has 4 fully saturated rings. The summed E-state index contributed by atoms with van der Waals surface area (Å²) in [4.78, 5) is 65.9. The molecule has 310 valence electrons. The molecule has 8 rings (SSSR count). The molecular weight excluding hydrogens is 772 g/mol. The van der Waals surface area contributed by atoms with E-state index in [0.717, 1.165) is 82.4 Å². The molecule has 3 aliphatic heterocycles. The number of rotatable bonds is 12. The van der Waals surface area contributed by atoms with Gasteiger partial charge in [0.15, 0.2) is 0 Å². The van der Waals surface area contributed by atoms with Crippen LogP contribution in [-0.4, -0.2) is 99.4 Å². The van der Waals surface area contributed by atoms with Crippen molar-refractivity contribution >= 4 is 41.0 Å². The Kier molecular flexibility index (Phi) is 12.0. The van der Waals surface area contributed by atoms with Gasteiger partial charge in [0.25, 0.3) is 11.8 Å². The monoisotopic (exact) mass is 822 g/mol. The zero-order valence-electron chi connectivity index (χ0n) is 33.6. The second kappa shape index (κ2) is 17.5. The van der Waals surface area contributed by atoms with E-state index in [4.69, 9.17) is 26.3 Å². The molecule has 3 aromatic rings. The van der Waals surface area contributed by atoms with Gasteiger partial charge in [0.05, 0.1) is 29.1 Å². The first-order valence-corrected chi connectivity index (χ1v) is 21.3. The van der Waals surface area contributed by atoms with Crippen LogP contribution >= 0.6 is 11.6 Å². The number of nitrogens with zero attached hydrogens (tertiary/aromatic N) is 6. The number of benzene rings is 2. The number of halogens is 1. The molecule has 0 bridgehead atoms. The maximum atomic E-state index is 13.3. The van der Waals surface area contributed by atoms with Crippen molar-refractivity contribution in [3.8, 4) is 17.6 Å². The predicted octanol–water partition coefficient (Wildman–Crippen LogP) is 5.42. The van der Waals surface area contributed by atoms with Gasteiger partial charge < -0.3 is 24.6 Å². The number of piperidine rings is 2. The van der Waals surface area contributed by atoms with Gasteiger partial charge in [-0.15, -0.1) is 0 Å². The Morgan fingerprint density at radius 1 is 0.966 bits per heavy atom. The lowest BCUT2D eigenvalue weighted by atomic mass is 9.85. The average Bonchev–Trinajstić information content (AvgIpc) is 3.54. The molecule has 2 aliphatic carbocycles. The minimum absolute atomic E-state index is 0.0238. The number of ether oxygens (including phenoxy) is 2. The van der Waals surface area contributed by atoms with Crippen molar-refractivity contribution < 1.29 is 28.7 Å². The smallest absolute Gasteiger partial charge is 0.271 e. The fraction of sp³-hybridized carbons (Fsp3) is 0.523. The Labute approximate surface area is 349 Å². The summed E-state index contributed by atoms with van der Waals surface area (Å²) in [6, 6.07) is 13.0. The summed E-state index contributed by atoms with van der Waals surface area (Å²) < 4.78 is 12.5. The van der Waals surface area contributed by atoms with E-state index in [1.54, 1.807) is 41.6 Å². The molecule has 0 unspecified atom stereocenters. The molecule has 4 amide bonds. The molecule has 4 heterocycles. The van der Waals surface area contributed by atoms with Crippen molar-refractivity contribution in [2.75, 3.05) is 24.5 Å². The van der Waals surface area contributed by atoms with Gasteiger partial charge in [-0.2, -0.15) is 5.26 Å². The highest BCUT2D eigenvalue weighted by Crippen LogP contribution is 2.36. The molecule has 2 N–H and O–H groups in total. The van der Waals surface area contributed by atoms with Crippen molar-refractivity contribution in [3.05, 3.63) is 76.2 Å². The molecule has 59 heavy (non-hydrogen) atoms. The number of nitriles is 1. The lowest BCUT2D eigenvalue weighted by Crippen LogP contribution is -2.53. The number of hydrogen-bond donors (Lipinski definition) is 2. The van der Waals surface area contributed by atoms with E-state index in [-0.39, 0.29) is 42.4 Å². The molecule has 1 aromatic heterocycles. The topological polar surface area (TPSA) is 170 Å². The van der Waals surface area contributed by atoms with Gasteiger partial charge in [0.2, 0.25) is 11.8 Å². The second-order valence-corrected chi connectivity index (χ2v) is 17.3. The predicted molar refractivity (Wildman–Crippen MR) is 219 cm³/mol. The van der Waals surface area contributed by atoms with Crippen LogP contribution in [0, 0.1) is 17.2 Å². The summed E-state index contributed by atoms with van der Waals surface area (Å²) >= 11 is 6.15. The highest BCUT2D eigenvalue weighted by atomic mass is 35.5. The van der Waals surface area contributed by atoms with Gasteiger partial charge in [0, 0.05) is 75.2 Å². The van der Waals surface area contributed by atoms with Crippen LogP contribution in [0.4, 0.5) is 5.82 Å². The molecule has 2 aromatic carbocycles. The quantitative estimate of drug-likeness (QED) is 0.224. The molecule has 15 heteroatoms. The average molecular weight is 823 g/mol. The first-order valence-electron chi connectivity index (χ1n) is 21.0. The SMILES string of the molecule is CC(C)N(CC1CCN(c2cnc(C(=O)NC3CCC(Oc4ccc(C#N)c(Cl)c4)CC3)cn2)CC1)C1CC(Oc2ccc3c(c2)C(=O)N([C@@H]2CCC(=O)NC2=O)C3)C1. The highest BCUT2D eigenvalue weighted by molar-refractivity contribution is 6.31. The molecule has 2 saturated heterocycles. The standard InChI is InChI=1S/C44H51ClN8O6/c1-26(2)52(31-17-35(18-31)59-33-8-4-29-25-53(44(57)36(29)19-33)39-11-12-41(54)50-43(39)56)24-27-13-15-51(16-14-27)40-23-47-38(22-48-40)42(55)49-30-5-9-32(10-6-30)58-34-7-3-28(21-46)37(45)20-34/h3-4,7-8,19-20,22-23,26-27,30-32,35,39H,5-6,9-18,24-25H2,1-2H3,(H,49,55)(H,50,54,56)/t30?,31?,32?,35?,39-/m1/s1. The lowest BCUT2D eigenvalue weighted by Gasteiger charge is -2.46. The molecule has 14 nitrogen and oxygen atoms in total. The van der Waals surface area contributed by atoms with E-state index in [9.17, 15) is 19.2 Å². The van der Waals surface area contributed by atoms with Gasteiger partial charge in [-0.25, -0.2) is 9.97 Å². The number of hydrogen-bond acceptors (Lipinski definition) is 11. The number of nitrogens with one attached hydrogen (secondary N) is 2. The summed E-state index contributed by atoms with van der Waals surface area (Å²) in [7, 11) is 0. The van der Waals surface area contributed by atoms with Gasteiger partial charge in [-0.05, 0) is 94.5 Å². The van der Waals surface area contributed by atoms with Crippen molar-refractivity contribution in [2.24, 2.45) is 5.92 Å². The van der Waals surface area contributed by atoms with E-state index >= 15 is 0 Å². The summed E-state index contributed by atoms with van der Waals surface area (Å²) in [6.45, 7) is 7.65. The van der Waals surface area contributed by atoms with Crippen LogP contribution in [0.25, 0.3) is 0 Å². The van der Waals surface area contributed by atoms with E-state index in [0.29, 0.717) is 64.3 Å². The molecular formula is C44H51ClN8O6. The zero-order valence-corrected chi connectivity index (χ0v) is 34.3. The minimum atomic E-state index is -0.631. The molecule has 2 saturated carbocycles. The van der Waals surface area contributed by atoms with Gasteiger partial charge in [0.1, 0.15) is 41.2 Å². The first kappa shape index (κ1) is 40.5. The largest absolute Gasteiger partial charge is 0.490 e. The number of amides is 4. The third kappa shape index (κ3) is 9.16. The van der Waals surface area contributed by atoms with Gasteiger partial charge in [-0.3, -0.25) is 29.4 Å². The van der Waals surface area contributed by atoms with Crippen LogP contribution in [-0.2, 0) is 16.1 Å². The Hall–Kier alpha value is -5.26. The van der Waals surface area contributed by atoms with Crippen molar-refractivity contribution in [1.29, 1.82) is 5.26 Å². The summed E-state index contributed by atoms with van der Waals surface area (Å²) in [6.07, 6.45) is 11.1. The third-order valence-corrected chi connectivity index (χ3v) is 13.0. The lowest BCUT2D eigenvalue weighted by molar-refractivity contribution is -0.136. The fourth-order valence-corrected chi connectivity index (χ4v) is 9.38. The van der Waals surface area contributed by atoms with Gasteiger partial charge >= 0.3 is 0 Å². The van der Waals surface area contributed by atoms with Crippen LogP contribution in [0.15, 0.2) is 48.8 Å².